The number of nitrogens with zero attached hydrogens (tertiary/aromatic N) is 3. The Morgan fingerprint density at radius 2 is 1.63 bits per heavy atom. The third-order valence-corrected chi connectivity index (χ3v) is 4.52. The van der Waals surface area contributed by atoms with Crippen LogP contribution in [-0.2, 0) is 13.0 Å². The van der Waals surface area contributed by atoms with Crippen molar-refractivity contribution in [2.24, 2.45) is 0 Å². The number of nitrogens with one attached hydrogen (secondary N) is 1. The van der Waals surface area contributed by atoms with Gasteiger partial charge in [0.25, 0.3) is 5.91 Å². The lowest BCUT2D eigenvalue weighted by Gasteiger charge is -2.28. The predicted molar refractivity (Wildman–Crippen MR) is 96.6 cm³/mol. The van der Waals surface area contributed by atoms with E-state index >= 15 is 0 Å². The van der Waals surface area contributed by atoms with E-state index in [1.54, 1.807) is 4.90 Å². The van der Waals surface area contributed by atoms with Crippen molar-refractivity contribution in [3.05, 3.63) is 83.2 Å². The Balaban J connectivity index is 1.48. The molecule has 1 amide bonds. The Kier molecular flexibility index (Phi) is 4.50. The summed E-state index contributed by atoms with van der Waals surface area (Å²) in [5.41, 5.74) is 2.38. The van der Waals surface area contributed by atoms with Crippen LogP contribution in [0.3, 0.4) is 0 Å². The minimum absolute atomic E-state index is 0.0135. The predicted octanol–water partition coefficient (Wildman–Crippen LogP) is 3.70. The summed E-state index contributed by atoms with van der Waals surface area (Å²) in [6, 6.07) is 11.6. The highest BCUT2D eigenvalue weighted by Gasteiger charge is 2.22. The number of carbonyl (C=O) groups is 1. The van der Waals surface area contributed by atoms with Crippen LogP contribution in [0.5, 0.6) is 0 Å². The maximum Gasteiger partial charge on any atom is 0.257 e. The van der Waals surface area contributed by atoms with Crippen molar-refractivity contribution in [2.75, 3.05) is 11.9 Å². The van der Waals surface area contributed by atoms with Crippen LogP contribution >= 0.6 is 0 Å². The summed E-state index contributed by atoms with van der Waals surface area (Å²) in [7, 11) is 0. The van der Waals surface area contributed by atoms with Gasteiger partial charge in [0.15, 0.2) is 0 Å². The van der Waals surface area contributed by atoms with Crippen molar-refractivity contribution in [1.82, 2.24) is 14.9 Å². The van der Waals surface area contributed by atoms with E-state index in [0.717, 1.165) is 24.1 Å². The maximum atomic E-state index is 13.7. The van der Waals surface area contributed by atoms with Crippen LogP contribution in [0.2, 0.25) is 0 Å². The third-order valence-electron chi connectivity index (χ3n) is 4.52. The fourth-order valence-corrected chi connectivity index (χ4v) is 3.08. The van der Waals surface area contributed by atoms with Crippen molar-refractivity contribution in [1.29, 1.82) is 0 Å². The monoisotopic (exact) mass is 366 g/mol. The van der Waals surface area contributed by atoms with Crippen LogP contribution in [-0.4, -0.2) is 27.3 Å². The van der Waals surface area contributed by atoms with Gasteiger partial charge in [-0.25, -0.2) is 18.7 Å². The maximum absolute atomic E-state index is 13.7. The molecule has 1 N–H and O–H groups in total. The standard InChI is InChI=1S/C20H16F2N4O/c21-16-6-3-7-17(22)18(16)25-20-23-10-15(11-24-20)19(27)26-9-8-13-4-1-2-5-14(13)12-26/h1-7,10-11H,8-9,12H2,(H,23,24,25). The first-order valence-corrected chi connectivity index (χ1v) is 8.51. The Morgan fingerprint density at radius 1 is 0.963 bits per heavy atom. The van der Waals surface area contributed by atoms with Crippen LogP contribution < -0.4 is 5.32 Å². The SMILES string of the molecule is O=C(c1cnc(Nc2c(F)cccc2F)nc1)N1CCc2ccccc2C1. The third kappa shape index (κ3) is 3.48. The quantitative estimate of drug-likeness (QED) is 0.768. The molecule has 5 nitrogen and oxygen atoms in total. The minimum atomic E-state index is -0.745. The lowest BCUT2D eigenvalue weighted by atomic mass is 9.99. The number of amides is 1. The van der Waals surface area contributed by atoms with Gasteiger partial charge >= 0.3 is 0 Å². The van der Waals surface area contributed by atoms with E-state index in [9.17, 15) is 13.6 Å². The van der Waals surface area contributed by atoms with E-state index < -0.39 is 11.6 Å². The van der Waals surface area contributed by atoms with Crippen LogP contribution in [0.4, 0.5) is 20.4 Å². The smallest absolute Gasteiger partial charge is 0.257 e. The van der Waals surface area contributed by atoms with Gasteiger partial charge in [-0.2, -0.15) is 0 Å². The summed E-state index contributed by atoms with van der Waals surface area (Å²) in [5.74, 6) is -1.65. The average molecular weight is 366 g/mol. The molecule has 2 heterocycles. The first-order chi connectivity index (χ1) is 13.1. The van der Waals surface area contributed by atoms with E-state index in [-0.39, 0.29) is 17.5 Å². The van der Waals surface area contributed by atoms with Crippen molar-refractivity contribution < 1.29 is 13.6 Å². The summed E-state index contributed by atoms with van der Waals surface area (Å²) < 4.78 is 27.4. The van der Waals surface area contributed by atoms with Gasteiger partial charge in [-0.3, -0.25) is 4.79 Å². The summed E-state index contributed by atoms with van der Waals surface area (Å²) in [6.45, 7) is 1.16. The van der Waals surface area contributed by atoms with Gasteiger partial charge in [0.2, 0.25) is 5.95 Å². The first kappa shape index (κ1) is 17.1. The second-order valence-electron chi connectivity index (χ2n) is 6.26. The lowest BCUT2D eigenvalue weighted by Crippen LogP contribution is -2.36. The number of rotatable bonds is 3. The van der Waals surface area contributed by atoms with E-state index in [2.05, 4.69) is 21.4 Å². The number of carbonyl (C=O) groups excluding carboxylic acids is 1. The zero-order valence-corrected chi connectivity index (χ0v) is 14.3. The zero-order valence-electron chi connectivity index (χ0n) is 14.3. The van der Waals surface area contributed by atoms with Gasteiger partial charge in [-0.1, -0.05) is 30.3 Å². The second-order valence-corrected chi connectivity index (χ2v) is 6.26. The molecule has 136 valence electrons. The number of aromatic nitrogens is 2. The number of halogens is 2. The van der Waals surface area contributed by atoms with Gasteiger partial charge in [0, 0.05) is 25.5 Å². The van der Waals surface area contributed by atoms with Crippen LogP contribution in [0.1, 0.15) is 21.5 Å². The molecule has 2 aromatic carbocycles. The fourth-order valence-electron chi connectivity index (χ4n) is 3.08. The number of anilines is 2. The Morgan fingerprint density at radius 3 is 2.33 bits per heavy atom. The molecule has 1 aliphatic rings. The lowest BCUT2D eigenvalue weighted by molar-refractivity contribution is 0.0734. The molecule has 0 bridgehead atoms. The van der Waals surface area contributed by atoms with Crippen LogP contribution in [0.15, 0.2) is 54.9 Å². The van der Waals surface area contributed by atoms with E-state index in [0.29, 0.717) is 18.7 Å². The number of hydrogen-bond acceptors (Lipinski definition) is 4. The molecule has 1 aliphatic heterocycles. The summed E-state index contributed by atoms with van der Waals surface area (Å²) >= 11 is 0. The molecule has 0 fully saturated rings. The number of benzene rings is 2. The van der Waals surface area contributed by atoms with Gasteiger partial charge in [0.1, 0.15) is 17.3 Å². The molecule has 7 heteroatoms. The second kappa shape index (κ2) is 7.11. The van der Waals surface area contributed by atoms with Crippen LogP contribution in [0, 0.1) is 11.6 Å². The van der Waals surface area contributed by atoms with Crippen molar-refractivity contribution >= 4 is 17.5 Å². The van der Waals surface area contributed by atoms with E-state index in [4.69, 9.17) is 0 Å². The molecule has 0 unspecified atom stereocenters. The molecular weight excluding hydrogens is 350 g/mol. The highest BCUT2D eigenvalue weighted by molar-refractivity contribution is 5.93. The molecule has 0 atom stereocenters. The molecule has 0 radical (unpaired) electrons. The molecule has 1 aromatic heterocycles. The molecular formula is C20H16F2N4O. The molecule has 0 saturated carbocycles. The Bertz CT molecular complexity index is 971. The highest BCUT2D eigenvalue weighted by atomic mass is 19.1. The van der Waals surface area contributed by atoms with E-state index in [1.807, 2.05) is 18.2 Å². The highest BCUT2D eigenvalue weighted by Crippen LogP contribution is 2.22. The molecule has 27 heavy (non-hydrogen) atoms. The van der Waals surface area contributed by atoms with Gasteiger partial charge in [0.05, 0.1) is 5.56 Å². The first-order valence-electron chi connectivity index (χ1n) is 8.51. The largest absolute Gasteiger partial charge is 0.334 e. The molecule has 0 spiro atoms. The summed E-state index contributed by atoms with van der Waals surface area (Å²) in [4.78, 5) is 22.5. The number of hydrogen-bond donors (Lipinski definition) is 1. The van der Waals surface area contributed by atoms with Crippen molar-refractivity contribution in [3.8, 4) is 0 Å². The summed E-state index contributed by atoms with van der Waals surface area (Å²) in [6.07, 6.45) is 3.52. The van der Waals surface area contributed by atoms with Crippen molar-refractivity contribution in [2.45, 2.75) is 13.0 Å². The van der Waals surface area contributed by atoms with Gasteiger partial charge < -0.3 is 10.2 Å². The van der Waals surface area contributed by atoms with Crippen molar-refractivity contribution in [3.63, 3.8) is 0 Å². The molecule has 0 saturated heterocycles. The number of fused-ring (bicyclic) bond motifs is 1. The molecule has 4 rings (SSSR count). The molecule has 3 aromatic rings. The topological polar surface area (TPSA) is 58.1 Å². The Hall–Kier alpha value is -3.35. The molecule has 0 aliphatic carbocycles. The zero-order chi connectivity index (χ0) is 18.8. The normalized spacial score (nSPS) is 13.2. The number of para-hydroxylation sites is 1. The Labute approximate surface area is 154 Å². The van der Waals surface area contributed by atoms with Crippen LogP contribution in [0.25, 0.3) is 0 Å². The van der Waals surface area contributed by atoms with Gasteiger partial charge in [-0.05, 0) is 29.7 Å². The van der Waals surface area contributed by atoms with Gasteiger partial charge in [-0.15, -0.1) is 0 Å². The average Bonchev–Trinajstić information content (AvgIpc) is 2.70. The summed E-state index contributed by atoms with van der Waals surface area (Å²) in [5, 5.41) is 2.50. The van der Waals surface area contributed by atoms with E-state index in [1.165, 1.54) is 24.0 Å². The minimum Gasteiger partial charge on any atom is -0.334 e. The fraction of sp³-hybridized carbons (Fsp3) is 0.150.